The molecule has 2 rings (SSSR count). The monoisotopic (exact) mass is 293 g/mol. The van der Waals surface area contributed by atoms with Gasteiger partial charge in [-0.2, -0.15) is 0 Å². The predicted octanol–water partition coefficient (Wildman–Crippen LogP) is 3.84. The highest BCUT2D eigenvalue weighted by Crippen LogP contribution is 2.38. The molecule has 0 aliphatic carbocycles. The van der Waals surface area contributed by atoms with Crippen LogP contribution >= 0.6 is 11.6 Å². The Kier molecular flexibility index (Phi) is 4.22. The van der Waals surface area contributed by atoms with Crippen molar-refractivity contribution in [2.45, 2.75) is 13.5 Å². The number of nitrogens with zero attached hydrogens (tertiary/aromatic N) is 1. The van der Waals surface area contributed by atoms with E-state index in [1.54, 1.807) is 25.1 Å². The Morgan fingerprint density at radius 1 is 1.35 bits per heavy atom. The zero-order valence-corrected chi connectivity index (χ0v) is 11.4. The lowest BCUT2D eigenvalue weighted by Crippen LogP contribution is -1.96. The second-order valence-corrected chi connectivity index (χ2v) is 4.61. The molecule has 5 nitrogen and oxygen atoms in total. The normalized spacial score (nSPS) is 10.3. The molecule has 0 saturated heterocycles. The number of para-hydroxylation sites is 1. The first-order chi connectivity index (χ1) is 9.52. The maximum absolute atomic E-state index is 11.0. The van der Waals surface area contributed by atoms with E-state index in [1.165, 1.54) is 18.2 Å². The number of aryl methyl sites for hydroxylation is 1. The second-order valence-electron chi connectivity index (χ2n) is 4.21. The van der Waals surface area contributed by atoms with E-state index in [9.17, 15) is 10.1 Å². The summed E-state index contributed by atoms with van der Waals surface area (Å²) in [7, 11) is 0. The highest BCUT2D eigenvalue weighted by atomic mass is 35.5. The van der Waals surface area contributed by atoms with Crippen LogP contribution in [0.5, 0.6) is 11.5 Å². The molecular weight excluding hydrogens is 282 g/mol. The number of aliphatic hydroxyl groups excluding tert-OH is 1. The Labute approximate surface area is 120 Å². The smallest absolute Gasteiger partial charge is 0.313 e. The van der Waals surface area contributed by atoms with Crippen LogP contribution < -0.4 is 4.74 Å². The van der Waals surface area contributed by atoms with Gasteiger partial charge in [-0.05, 0) is 30.2 Å². The molecule has 0 aromatic heterocycles. The first-order valence-corrected chi connectivity index (χ1v) is 6.22. The molecule has 0 radical (unpaired) electrons. The Hall–Kier alpha value is -2.11. The van der Waals surface area contributed by atoms with Crippen LogP contribution in [0.4, 0.5) is 5.69 Å². The summed E-state index contributed by atoms with van der Waals surface area (Å²) < 4.78 is 5.58. The Balaban J connectivity index is 2.42. The fourth-order valence-electron chi connectivity index (χ4n) is 1.78. The molecule has 0 aliphatic heterocycles. The Bertz CT molecular complexity index is 658. The number of benzene rings is 2. The van der Waals surface area contributed by atoms with Crippen LogP contribution in [0.3, 0.4) is 0 Å². The van der Waals surface area contributed by atoms with Crippen molar-refractivity contribution in [3.05, 3.63) is 62.7 Å². The molecule has 0 saturated carbocycles. The van der Waals surface area contributed by atoms with Crippen LogP contribution in [-0.2, 0) is 6.61 Å². The first kappa shape index (κ1) is 14.3. The molecule has 0 atom stereocenters. The average molecular weight is 294 g/mol. The summed E-state index contributed by atoms with van der Waals surface area (Å²) >= 11 is 5.96. The molecule has 104 valence electrons. The van der Waals surface area contributed by atoms with Crippen LogP contribution in [0, 0.1) is 17.0 Å². The van der Waals surface area contributed by atoms with Crippen LogP contribution in [-0.4, -0.2) is 10.0 Å². The van der Waals surface area contributed by atoms with Crippen molar-refractivity contribution in [3.8, 4) is 11.5 Å². The molecule has 6 heteroatoms. The van der Waals surface area contributed by atoms with E-state index in [2.05, 4.69) is 0 Å². The maximum Gasteiger partial charge on any atom is 0.313 e. The zero-order valence-electron chi connectivity index (χ0n) is 10.7. The number of ether oxygens (including phenoxy) is 1. The third-order valence-electron chi connectivity index (χ3n) is 2.78. The molecule has 0 fully saturated rings. The molecule has 20 heavy (non-hydrogen) atoms. The van der Waals surface area contributed by atoms with Gasteiger partial charge >= 0.3 is 5.69 Å². The number of halogens is 1. The topological polar surface area (TPSA) is 72.6 Å². The molecular formula is C14H12ClNO4. The summed E-state index contributed by atoms with van der Waals surface area (Å²) in [5.74, 6) is 0.470. The quantitative estimate of drug-likeness (QED) is 0.686. The van der Waals surface area contributed by atoms with E-state index < -0.39 is 4.92 Å². The van der Waals surface area contributed by atoms with Gasteiger partial charge in [0.15, 0.2) is 0 Å². The van der Waals surface area contributed by atoms with Crippen molar-refractivity contribution in [2.24, 2.45) is 0 Å². The standard InChI is InChI=1S/C14H12ClNO4/c1-9-7-10(8-17)5-6-13(9)20-14-11(15)3-2-4-12(14)16(18)19/h2-7,17H,8H2,1H3. The number of hydrogen-bond acceptors (Lipinski definition) is 4. The van der Waals surface area contributed by atoms with Gasteiger partial charge in [0.25, 0.3) is 0 Å². The van der Waals surface area contributed by atoms with Gasteiger partial charge in [0.2, 0.25) is 5.75 Å². The largest absolute Gasteiger partial charge is 0.448 e. The van der Waals surface area contributed by atoms with Crippen molar-refractivity contribution in [1.29, 1.82) is 0 Å². The fraction of sp³-hybridized carbons (Fsp3) is 0.143. The van der Waals surface area contributed by atoms with E-state index >= 15 is 0 Å². The van der Waals surface area contributed by atoms with Gasteiger partial charge in [-0.3, -0.25) is 10.1 Å². The third kappa shape index (κ3) is 2.89. The molecule has 1 N–H and O–H groups in total. The van der Waals surface area contributed by atoms with E-state index in [0.29, 0.717) is 5.75 Å². The number of rotatable bonds is 4. The Morgan fingerprint density at radius 3 is 2.70 bits per heavy atom. The van der Waals surface area contributed by atoms with Gasteiger partial charge in [0, 0.05) is 6.07 Å². The third-order valence-corrected chi connectivity index (χ3v) is 3.07. The lowest BCUT2D eigenvalue weighted by atomic mass is 10.1. The van der Waals surface area contributed by atoms with Gasteiger partial charge in [-0.1, -0.05) is 29.8 Å². The molecule has 0 heterocycles. The number of nitro groups is 1. The average Bonchev–Trinajstić information content (AvgIpc) is 2.42. The lowest BCUT2D eigenvalue weighted by molar-refractivity contribution is -0.385. The zero-order chi connectivity index (χ0) is 14.7. The molecule has 0 spiro atoms. The summed E-state index contributed by atoms with van der Waals surface area (Å²) in [5, 5.41) is 20.2. The summed E-state index contributed by atoms with van der Waals surface area (Å²) in [6.07, 6.45) is 0. The number of aliphatic hydroxyl groups is 1. The fourth-order valence-corrected chi connectivity index (χ4v) is 1.98. The molecule has 2 aromatic carbocycles. The minimum Gasteiger partial charge on any atom is -0.448 e. The minimum absolute atomic E-state index is 0.0130. The van der Waals surface area contributed by atoms with Crippen molar-refractivity contribution >= 4 is 17.3 Å². The molecule has 0 amide bonds. The van der Waals surface area contributed by atoms with Crippen LogP contribution in [0.1, 0.15) is 11.1 Å². The van der Waals surface area contributed by atoms with Gasteiger partial charge in [0.1, 0.15) is 5.75 Å². The summed E-state index contributed by atoms with van der Waals surface area (Å²) in [5.41, 5.74) is 1.30. The van der Waals surface area contributed by atoms with Crippen molar-refractivity contribution in [1.82, 2.24) is 0 Å². The van der Waals surface area contributed by atoms with Gasteiger partial charge in [-0.15, -0.1) is 0 Å². The molecule has 0 bridgehead atoms. The SMILES string of the molecule is Cc1cc(CO)ccc1Oc1c(Cl)cccc1[N+](=O)[O-]. The van der Waals surface area contributed by atoms with Crippen LogP contribution in [0.2, 0.25) is 5.02 Å². The predicted molar refractivity (Wildman–Crippen MR) is 75.3 cm³/mol. The van der Waals surface area contributed by atoms with E-state index in [0.717, 1.165) is 11.1 Å². The van der Waals surface area contributed by atoms with Gasteiger partial charge in [-0.25, -0.2) is 0 Å². The second kappa shape index (κ2) is 5.90. The Morgan fingerprint density at radius 2 is 2.10 bits per heavy atom. The summed E-state index contributed by atoms with van der Waals surface area (Å²) in [6, 6.07) is 9.44. The highest BCUT2D eigenvalue weighted by Gasteiger charge is 2.19. The van der Waals surface area contributed by atoms with Gasteiger partial charge < -0.3 is 9.84 Å². The van der Waals surface area contributed by atoms with E-state index in [4.69, 9.17) is 21.4 Å². The van der Waals surface area contributed by atoms with E-state index in [-0.39, 0.29) is 23.1 Å². The highest BCUT2D eigenvalue weighted by molar-refractivity contribution is 6.32. The summed E-state index contributed by atoms with van der Waals surface area (Å²) in [6.45, 7) is 1.71. The first-order valence-electron chi connectivity index (χ1n) is 5.84. The lowest BCUT2D eigenvalue weighted by Gasteiger charge is -2.11. The number of nitro benzene ring substituents is 1. The van der Waals surface area contributed by atoms with Crippen LogP contribution in [0.15, 0.2) is 36.4 Å². The maximum atomic E-state index is 11.0. The summed E-state index contributed by atoms with van der Waals surface area (Å²) in [4.78, 5) is 10.4. The van der Waals surface area contributed by atoms with Crippen molar-refractivity contribution in [2.75, 3.05) is 0 Å². The minimum atomic E-state index is -0.543. The van der Waals surface area contributed by atoms with Crippen molar-refractivity contribution < 1.29 is 14.8 Å². The van der Waals surface area contributed by atoms with E-state index in [1.807, 2.05) is 0 Å². The molecule has 2 aromatic rings. The van der Waals surface area contributed by atoms with Crippen molar-refractivity contribution in [3.63, 3.8) is 0 Å². The van der Waals surface area contributed by atoms with Gasteiger partial charge in [0.05, 0.1) is 16.6 Å². The molecule has 0 unspecified atom stereocenters. The van der Waals surface area contributed by atoms with Crippen LogP contribution in [0.25, 0.3) is 0 Å². The number of hydrogen-bond donors (Lipinski definition) is 1. The molecule has 0 aliphatic rings.